The monoisotopic (exact) mass is 752 g/mol. The molecule has 0 aliphatic heterocycles. The van der Waals surface area contributed by atoms with Crippen LogP contribution in [0.3, 0.4) is 0 Å². The fourth-order valence-electron chi connectivity index (χ4n) is 5.74. The lowest BCUT2D eigenvalue weighted by atomic mass is 10.0. The van der Waals surface area contributed by atoms with Gasteiger partial charge in [0.25, 0.3) is 5.91 Å². The van der Waals surface area contributed by atoms with Gasteiger partial charge >= 0.3 is 0 Å². The van der Waals surface area contributed by atoms with Crippen molar-refractivity contribution in [2.24, 2.45) is 10.7 Å². The number of hydrogen-bond acceptors (Lipinski definition) is 13. The van der Waals surface area contributed by atoms with Crippen molar-refractivity contribution in [3.63, 3.8) is 0 Å². The second-order valence-electron chi connectivity index (χ2n) is 12.6. The maximum atomic E-state index is 12.4. The fraction of sp³-hybridized carbons (Fsp3) is 0.405. The smallest absolute Gasteiger partial charge is 0.280 e. The highest BCUT2D eigenvalue weighted by Gasteiger charge is 2.31. The molecule has 0 unspecified atom stereocenters. The summed E-state index contributed by atoms with van der Waals surface area (Å²) in [6.45, 7) is 0.986. The number of aromatic nitrogens is 2. The Bertz CT molecular complexity index is 1790. The Morgan fingerprint density at radius 1 is 0.868 bits per heavy atom. The van der Waals surface area contributed by atoms with Gasteiger partial charge in [-0.15, -0.1) is 0 Å². The van der Waals surface area contributed by atoms with Gasteiger partial charge < -0.3 is 47.5 Å². The first-order valence-electron chi connectivity index (χ1n) is 17.4. The molecule has 3 aromatic carbocycles. The van der Waals surface area contributed by atoms with Gasteiger partial charge in [0.1, 0.15) is 30.7 Å². The lowest BCUT2D eigenvalue weighted by Crippen LogP contribution is -2.50. The number of aliphatic hydroxyl groups is 5. The number of anilines is 2. The van der Waals surface area contributed by atoms with E-state index in [0.717, 1.165) is 37.7 Å². The number of guanidine groups is 1. The van der Waals surface area contributed by atoms with Gasteiger partial charge in [0, 0.05) is 19.6 Å². The molecule has 4 atom stereocenters. The maximum absolute atomic E-state index is 12.4. The topological polar surface area (TPSA) is 259 Å². The van der Waals surface area contributed by atoms with Crippen LogP contribution in [0.2, 0.25) is 5.15 Å². The second-order valence-corrected chi connectivity index (χ2v) is 13.0. The van der Waals surface area contributed by atoms with Crippen LogP contribution in [0.4, 0.5) is 11.6 Å². The summed E-state index contributed by atoms with van der Waals surface area (Å²) in [6, 6.07) is 22.1. The zero-order valence-corrected chi connectivity index (χ0v) is 30.1. The summed E-state index contributed by atoms with van der Waals surface area (Å²) in [5, 5.41) is 54.8. The molecule has 0 fully saturated rings. The molecule has 16 heteroatoms. The number of aryl methyl sites for hydroxylation is 2. The molecule has 1 heterocycles. The lowest BCUT2D eigenvalue weighted by molar-refractivity contribution is -0.119. The summed E-state index contributed by atoms with van der Waals surface area (Å²) in [5.74, 6) is -0.371. The molecule has 12 N–H and O–H groups in total. The number of aliphatic hydroxyl groups excluding tert-OH is 5. The van der Waals surface area contributed by atoms with Gasteiger partial charge in [0.15, 0.2) is 28.4 Å². The number of ether oxygens (including phenoxy) is 1. The Balaban J connectivity index is 1.23. The van der Waals surface area contributed by atoms with Gasteiger partial charge in [-0.25, -0.2) is 9.97 Å². The number of benzene rings is 3. The quantitative estimate of drug-likeness (QED) is 0.0351. The highest BCUT2D eigenvalue weighted by Crippen LogP contribution is 2.21. The molecule has 0 saturated carbocycles. The normalized spacial score (nSPS) is 14.2. The van der Waals surface area contributed by atoms with Crippen molar-refractivity contribution in [3.8, 4) is 5.75 Å². The van der Waals surface area contributed by atoms with E-state index in [2.05, 4.69) is 44.5 Å². The van der Waals surface area contributed by atoms with Crippen LogP contribution in [0.15, 0.2) is 71.7 Å². The molecule has 0 aliphatic rings. The number of carbonyl (C=O) groups is 1. The third kappa shape index (κ3) is 12.5. The molecule has 4 rings (SSSR count). The van der Waals surface area contributed by atoms with Gasteiger partial charge in [0.05, 0.1) is 12.7 Å². The first-order chi connectivity index (χ1) is 25.5. The Morgan fingerprint density at radius 2 is 1.58 bits per heavy atom. The summed E-state index contributed by atoms with van der Waals surface area (Å²) < 4.78 is 6.01. The molecule has 15 nitrogen and oxygen atoms in total. The molecule has 0 saturated heterocycles. The summed E-state index contributed by atoms with van der Waals surface area (Å²) >= 11 is 5.83. The third-order valence-corrected chi connectivity index (χ3v) is 8.97. The van der Waals surface area contributed by atoms with Gasteiger partial charge in [-0.05, 0) is 72.7 Å². The molecule has 0 radical (unpaired) electrons. The van der Waals surface area contributed by atoms with E-state index in [4.69, 9.17) is 38.6 Å². The molecule has 1 aromatic heterocycles. The first kappa shape index (κ1) is 41.2. The van der Waals surface area contributed by atoms with Gasteiger partial charge in [-0.1, -0.05) is 66.2 Å². The number of halogens is 1. The van der Waals surface area contributed by atoms with Crippen molar-refractivity contribution in [1.82, 2.24) is 20.2 Å². The van der Waals surface area contributed by atoms with Crippen molar-refractivity contribution in [1.29, 1.82) is 0 Å². The van der Waals surface area contributed by atoms with Crippen LogP contribution in [0.5, 0.6) is 5.75 Å². The molecule has 1 amide bonds. The van der Waals surface area contributed by atoms with Crippen molar-refractivity contribution in [3.05, 3.63) is 88.7 Å². The Labute approximate surface area is 313 Å². The molecule has 286 valence electrons. The van der Waals surface area contributed by atoms with E-state index in [1.807, 2.05) is 47.4 Å². The molecule has 4 aromatic rings. The Morgan fingerprint density at radius 3 is 2.34 bits per heavy atom. The van der Waals surface area contributed by atoms with Crippen molar-refractivity contribution >= 4 is 45.9 Å². The number of hydrogen-bond donors (Lipinski definition) is 9. The van der Waals surface area contributed by atoms with Crippen molar-refractivity contribution < 1.29 is 35.1 Å². The van der Waals surface area contributed by atoms with Crippen LogP contribution in [0.25, 0.3) is 10.8 Å². The number of carbonyl (C=O) groups excluding carboxylic acids is 1. The highest BCUT2D eigenvalue weighted by molar-refractivity contribution is 6.31. The molecule has 0 spiro atoms. The largest absolute Gasteiger partial charge is 0.492 e. The standard InChI is InChI=1S/C37H49ClN8O7/c38-33-35(40)44-34(39)30(43-33)36(52)45-37(41)42-17-4-3-7-23-13-15-26(16-14-23)53-20-19-46(21-28(48)31(50)32(51)29(49)22-47)18-6-11-25-10-5-9-24-8-1-2-12-27(24)25/h1-2,5,8-10,12-16,28-29,31-32,47-51H,3-4,6-7,11,17-22H2,(H4,39,40,44)(H3,41,42,45,52)/t28-,29+,31+,32+/m1/s1. The molecular formula is C37H49ClN8O7. The van der Waals surface area contributed by atoms with E-state index in [9.17, 15) is 25.2 Å². The van der Waals surface area contributed by atoms with Crippen LogP contribution in [0, 0.1) is 0 Å². The zero-order valence-electron chi connectivity index (χ0n) is 29.4. The minimum atomic E-state index is -1.70. The Hall–Kier alpha value is -4.61. The van der Waals surface area contributed by atoms with E-state index in [1.165, 1.54) is 16.3 Å². The molecular weight excluding hydrogens is 704 g/mol. The minimum absolute atomic E-state index is 0.0248. The zero-order chi connectivity index (χ0) is 38.3. The van der Waals surface area contributed by atoms with E-state index in [-0.39, 0.29) is 35.0 Å². The number of unbranched alkanes of at least 4 members (excludes halogenated alkanes) is 1. The predicted molar refractivity (Wildman–Crippen MR) is 205 cm³/mol. The maximum Gasteiger partial charge on any atom is 0.280 e. The van der Waals surface area contributed by atoms with Crippen LogP contribution in [-0.2, 0) is 12.8 Å². The van der Waals surface area contributed by atoms with Crippen molar-refractivity contribution in [2.45, 2.75) is 56.5 Å². The van der Waals surface area contributed by atoms with Gasteiger partial charge in [0.2, 0.25) is 0 Å². The number of nitrogens with one attached hydrogen (secondary N) is 1. The second kappa shape index (κ2) is 20.6. The van der Waals surface area contributed by atoms with E-state index >= 15 is 0 Å². The van der Waals surface area contributed by atoms with E-state index < -0.39 is 36.9 Å². The average molecular weight is 753 g/mol. The lowest BCUT2D eigenvalue weighted by Gasteiger charge is -2.30. The van der Waals surface area contributed by atoms with E-state index in [1.54, 1.807) is 0 Å². The first-order valence-corrected chi connectivity index (χ1v) is 17.8. The minimum Gasteiger partial charge on any atom is -0.492 e. The van der Waals surface area contributed by atoms with Crippen LogP contribution in [0.1, 0.15) is 40.9 Å². The summed E-state index contributed by atoms with van der Waals surface area (Å²) in [4.78, 5) is 26.1. The summed E-state index contributed by atoms with van der Waals surface area (Å²) in [7, 11) is 0. The van der Waals surface area contributed by atoms with E-state index in [0.29, 0.717) is 32.0 Å². The van der Waals surface area contributed by atoms with Gasteiger partial charge in [-0.2, -0.15) is 0 Å². The number of fused-ring (bicyclic) bond motifs is 1. The number of nitrogens with zero attached hydrogens (tertiary/aromatic N) is 4. The summed E-state index contributed by atoms with van der Waals surface area (Å²) in [6.07, 6.45) is -2.39. The van der Waals surface area contributed by atoms with Crippen LogP contribution in [-0.4, -0.2) is 116 Å². The van der Waals surface area contributed by atoms with Crippen LogP contribution >= 0.6 is 11.6 Å². The fourth-order valence-corrected chi connectivity index (χ4v) is 5.87. The molecule has 0 aliphatic carbocycles. The molecule has 53 heavy (non-hydrogen) atoms. The number of amides is 1. The SMILES string of the molecule is NC(=NCCCCc1ccc(OCCN(CCCc2cccc3ccccc23)C[C@@H](O)[C@H](O)[C@@H](O)[C@@H](O)CO)cc1)NC(=O)c1nc(Cl)c(N)nc1N. The third-order valence-electron chi connectivity index (χ3n) is 8.69. The number of nitrogens with two attached hydrogens (primary N) is 3. The number of nitrogen functional groups attached to an aromatic ring is 2. The predicted octanol–water partition coefficient (Wildman–Crippen LogP) is 1.26. The molecule has 0 bridgehead atoms. The highest BCUT2D eigenvalue weighted by atomic mass is 35.5. The number of rotatable bonds is 20. The number of aliphatic imine (C=N–C) groups is 1. The van der Waals surface area contributed by atoms with Crippen molar-refractivity contribution in [2.75, 3.05) is 50.9 Å². The summed E-state index contributed by atoms with van der Waals surface area (Å²) in [5.41, 5.74) is 19.2. The Kier molecular flexibility index (Phi) is 16.0. The van der Waals surface area contributed by atoms with Gasteiger partial charge in [-0.3, -0.25) is 20.0 Å². The van der Waals surface area contributed by atoms with Crippen LogP contribution < -0.4 is 27.3 Å². The average Bonchev–Trinajstić information content (AvgIpc) is 3.15.